The van der Waals surface area contributed by atoms with Gasteiger partial charge in [-0.05, 0) is 35.9 Å². The number of halogens is 1. The molecule has 0 aliphatic carbocycles. The van der Waals surface area contributed by atoms with Crippen LogP contribution < -0.4 is 0 Å². The lowest BCUT2D eigenvalue weighted by atomic mass is 10.2. The van der Waals surface area contributed by atoms with Gasteiger partial charge in [0.25, 0.3) is 5.69 Å². The summed E-state index contributed by atoms with van der Waals surface area (Å²) in [5.74, 6) is -0.00375. The first kappa shape index (κ1) is 13.0. The van der Waals surface area contributed by atoms with Gasteiger partial charge in [0.15, 0.2) is 0 Å². The molecule has 6 heteroatoms. The van der Waals surface area contributed by atoms with Crippen molar-refractivity contribution in [1.29, 1.82) is 0 Å². The van der Waals surface area contributed by atoms with E-state index in [0.717, 1.165) is 5.56 Å². The summed E-state index contributed by atoms with van der Waals surface area (Å²) in [4.78, 5) is 14.2. The molecule has 2 rings (SSSR count). The van der Waals surface area contributed by atoms with Crippen LogP contribution in [0.1, 0.15) is 5.56 Å². The van der Waals surface area contributed by atoms with E-state index in [2.05, 4.69) is 4.99 Å². The highest BCUT2D eigenvalue weighted by molar-refractivity contribution is 6.32. The molecule has 19 heavy (non-hydrogen) atoms. The summed E-state index contributed by atoms with van der Waals surface area (Å²) < 4.78 is 0. The van der Waals surface area contributed by atoms with Gasteiger partial charge in [0.05, 0.1) is 15.6 Å². The average Bonchev–Trinajstić information content (AvgIpc) is 2.40. The molecule has 2 aromatic carbocycles. The number of rotatable bonds is 3. The van der Waals surface area contributed by atoms with Gasteiger partial charge in [-0.15, -0.1) is 0 Å². The lowest BCUT2D eigenvalue weighted by Crippen LogP contribution is -1.88. The van der Waals surface area contributed by atoms with Crippen molar-refractivity contribution in [2.75, 3.05) is 0 Å². The molecule has 0 fully saturated rings. The molecule has 0 spiro atoms. The van der Waals surface area contributed by atoms with Crippen LogP contribution in [0.3, 0.4) is 0 Å². The molecule has 0 saturated heterocycles. The Balaban J connectivity index is 2.17. The fourth-order valence-electron chi connectivity index (χ4n) is 1.41. The molecular weight excluding hydrogens is 268 g/mol. The van der Waals surface area contributed by atoms with E-state index < -0.39 is 4.92 Å². The van der Waals surface area contributed by atoms with Crippen LogP contribution in [0, 0.1) is 10.1 Å². The molecule has 0 radical (unpaired) electrons. The van der Waals surface area contributed by atoms with Crippen LogP contribution in [0.4, 0.5) is 11.4 Å². The Bertz CT molecular complexity index is 639. The molecule has 0 aliphatic heterocycles. The Morgan fingerprint density at radius 2 is 1.89 bits per heavy atom. The van der Waals surface area contributed by atoms with E-state index in [4.69, 9.17) is 11.6 Å². The molecule has 0 unspecified atom stereocenters. The number of nitro groups is 1. The van der Waals surface area contributed by atoms with Crippen molar-refractivity contribution in [3.63, 3.8) is 0 Å². The molecule has 1 N–H and O–H groups in total. The van der Waals surface area contributed by atoms with Crippen LogP contribution >= 0.6 is 11.6 Å². The summed E-state index contributed by atoms with van der Waals surface area (Å²) in [5, 5.41) is 20.0. The van der Waals surface area contributed by atoms with Gasteiger partial charge in [-0.3, -0.25) is 15.1 Å². The molecule has 0 aliphatic rings. The first-order valence-electron chi connectivity index (χ1n) is 5.33. The third kappa shape index (κ3) is 3.29. The number of aromatic hydroxyl groups is 1. The smallest absolute Gasteiger partial charge is 0.269 e. The van der Waals surface area contributed by atoms with E-state index in [1.165, 1.54) is 24.3 Å². The van der Waals surface area contributed by atoms with Crippen LogP contribution in [0.5, 0.6) is 5.75 Å². The van der Waals surface area contributed by atoms with Crippen LogP contribution in [-0.4, -0.2) is 16.2 Å². The van der Waals surface area contributed by atoms with Crippen molar-refractivity contribution in [1.82, 2.24) is 0 Å². The maximum Gasteiger partial charge on any atom is 0.269 e. The maximum absolute atomic E-state index is 10.5. The van der Waals surface area contributed by atoms with E-state index in [-0.39, 0.29) is 16.5 Å². The Hall–Kier alpha value is -2.40. The molecule has 2 aromatic rings. The summed E-state index contributed by atoms with van der Waals surface area (Å²) in [6.45, 7) is 0. The van der Waals surface area contributed by atoms with E-state index in [9.17, 15) is 15.2 Å². The number of hydrogen-bond donors (Lipinski definition) is 1. The Morgan fingerprint density at radius 3 is 2.47 bits per heavy atom. The van der Waals surface area contributed by atoms with Gasteiger partial charge in [0.1, 0.15) is 5.75 Å². The van der Waals surface area contributed by atoms with Crippen LogP contribution in [0.2, 0.25) is 5.02 Å². The zero-order valence-corrected chi connectivity index (χ0v) is 10.4. The number of nitro benzene ring substituents is 1. The van der Waals surface area contributed by atoms with Gasteiger partial charge in [-0.1, -0.05) is 11.6 Å². The standard InChI is InChI=1S/C13H9ClN2O3/c14-12-7-10(3-6-13(12)17)15-8-9-1-4-11(5-2-9)16(18)19/h1-8,17H. The van der Waals surface area contributed by atoms with Crippen molar-refractivity contribution in [3.8, 4) is 5.75 Å². The van der Waals surface area contributed by atoms with E-state index in [0.29, 0.717) is 5.69 Å². The third-order valence-electron chi connectivity index (χ3n) is 2.40. The molecule has 0 heterocycles. The highest BCUT2D eigenvalue weighted by Gasteiger charge is 2.02. The molecule has 0 amide bonds. The zero-order chi connectivity index (χ0) is 13.8. The topological polar surface area (TPSA) is 75.7 Å². The molecular formula is C13H9ClN2O3. The van der Waals surface area contributed by atoms with Crippen LogP contribution in [-0.2, 0) is 0 Å². The first-order valence-corrected chi connectivity index (χ1v) is 5.71. The summed E-state index contributed by atoms with van der Waals surface area (Å²) in [5.41, 5.74) is 1.35. The molecule has 0 atom stereocenters. The highest BCUT2D eigenvalue weighted by Crippen LogP contribution is 2.27. The summed E-state index contributed by atoms with van der Waals surface area (Å²) in [6.07, 6.45) is 1.56. The fraction of sp³-hybridized carbons (Fsp3) is 0. The fourth-order valence-corrected chi connectivity index (χ4v) is 1.58. The van der Waals surface area contributed by atoms with E-state index >= 15 is 0 Å². The number of benzene rings is 2. The monoisotopic (exact) mass is 276 g/mol. The van der Waals surface area contributed by atoms with Crippen molar-refractivity contribution < 1.29 is 10.0 Å². The number of nitrogens with zero attached hydrogens (tertiary/aromatic N) is 2. The van der Waals surface area contributed by atoms with E-state index in [1.54, 1.807) is 24.4 Å². The second-order valence-electron chi connectivity index (χ2n) is 3.74. The van der Waals surface area contributed by atoms with Gasteiger partial charge >= 0.3 is 0 Å². The maximum atomic E-state index is 10.5. The number of hydrogen-bond acceptors (Lipinski definition) is 4. The Morgan fingerprint density at radius 1 is 1.21 bits per heavy atom. The Kier molecular flexibility index (Phi) is 3.77. The third-order valence-corrected chi connectivity index (χ3v) is 2.70. The van der Waals surface area contributed by atoms with Crippen LogP contribution in [0.15, 0.2) is 47.5 Å². The number of phenols is 1. The largest absolute Gasteiger partial charge is 0.506 e. The molecule has 0 aromatic heterocycles. The average molecular weight is 277 g/mol. The van der Waals surface area contributed by atoms with Crippen molar-refractivity contribution >= 4 is 29.2 Å². The minimum absolute atomic E-state index is 0.00375. The highest BCUT2D eigenvalue weighted by atomic mass is 35.5. The molecule has 0 saturated carbocycles. The number of phenolic OH excluding ortho intramolecular Hbond substituents is 1. The predicted molar refractivity (Wildman–Crippen MR) is 73.5 cm³/mol. The molecule has 0 bridgehead atoms. The van der Waals surface area contributed by atoms with Crippen molar-refractivity contribution in [3.05, 3.63) is 63.2 Å². The second-order valence-corrected chi connectivity index (χ2v) is 4.15. The first-order chi connectivity index (χ1) is 9.06. The minimum Gasteiger partial charge on any atom is -0.506 e. The normalized spacial score (nSPS) is 10.8. The summed E-state index contributed by atoms with van der Waals surface area (Å²) in [7, 11) is 0. The minimum atomic E-state index is -0.458. The lowest BCUT2D eigenvalue weighted by molar-refractivity contribution is -0.384. The summed E-state index contributed by atoms with van der Waals surface area (Å²) >= 11 is 5.75. The number of non-ortho nitro benzene ring substituents is 1. The molecule has 5 nitrogen and oxygen atoms in total. The van der Waals surface area contributed by atoms with Gasteiger partial charge < -0.3 is 5.11 Å². The van der Waals surface area contributed by atoms with Gasteiger partial charge in [-0.2, -0.15) is 0 Å². The van der Waals surface area contributed by atoms with Gasteiger partial charge in [0.2, 0.25) is 0 Å². The Labute approximate surface area is 113 Å². The summed E-state index contributed by atoms with van der Waals surface area (Å²) in [6, 6.07) is 10.6. The van der Waals surface area contributed by atoms with Crippen molar-refractivity contribution in [2.24, 2.45) is 4.99 Å². The lowest BCUT2D eigenvalue weighted by Gasteiger charge is -1.98. The molecule has 96 valence electrons. The predicted octanol–water partition coefficient (Wildman–Crippen LogP) is 3.70. The second kappa shape index (κ2) is 5.49. The quantitative estimate of drug-likeness (QED) is 0.527. The van der Waals surface area contributed by atoms with Crippen molar-refractivity contribution in [2.45, 2.75) is 0 Å². The van der Waals surface area contributed by atoms with Gasteiger partial charge in [0, 0.05) is 18.3 Å². The zero-order valence-electron chi connectivity index (χ0n) is 9.65. The SMILES string of the molecule is O=[N+]([O-])c1ccc(C=Nc2ccc(O)c(Cl)c2)cc1. The number of aliphatic imine (C=N–C) groups is 1. The van der Waals surface area contributed by atoms with Gasteiger partial charge in [-0.25, -0.2) is 0 Å². The van der Waals surface area contributed by atoms with Crippen LogP contribution in [0.25, 0.3) is 0 Å². The van der Waals surface area contributed by atoms with E-state index in [1.807, 2.05) is 0 Å².